The smallest absolute Gasteiger partial charge is 0.119 e. The summed E-state index contributed by atoms with van der Waals surface area (Å²) in [6, 6.07) is 8.34. The highest BCUT2D eigenvalue weighted by atomic mass is 16.5. The summed E-state index contributed by atoms with van der Waals surface area (Å²) in [5, 5.41) is 0. The summed E-state index contributed by atoms with van der Waals surface area (Å²) >= 11 is 0. The van der Waals surface area contributed by atoms with Gasteiger partial charge in [-0.2, -0.15) is 0 Å². The van der Waals surface area contributed by atoms with Gasteiger partial charge < -0.3 is 15.4 Å². The van der Waals surface area contributed by atoms with Gasteiger partial charge in [-0.05, 0) is 30.2 Å². The second kappa shape index (κ2) is 6.21. The molecule has 1 aromatic carbocycles. The Labute approximate surface area is 111 Å². The van der Waals surface area contributed by atoms with Crippen LogP contribution in [0.1, 0.15) is 26.3 Å². The van der Waals surface area contributed by atoms with Gasteiger partial charge in [-0.25, -0.2) is 0 Å². The molecular weight excluding hydrogens is 224 g/mol. The van der Waals surface area contributed by atoms with Gasteiger partial charge in [0.15, 0.2) is 0 Å². The first-order chi connectivity index (χ1) is 8.32. The van der Waals surface area contributed by atoms with Crippen LogP contribution >= 0.6 is 0 Å². The summed E-state index contributed by atoms with van der Waals surface area (Å²) in [5.74, 6) is 0.904. The highest BCUT2D eigenvalue weighted by Gasteiger charge is 2.21. The molecule has 1 rings (SSSR count). The van der Waals surface area contributed by atoms with Gasteiger partial charge >= 0.3 is 0 Å². The Morgan fingerprint density at radius 1 is 1.33 bits per heavy atom. The van der Waals surface area contributed by atoms with E-state index in [0.717, 1.165) is 18.8 Å². The molecule has 3 heteroatoms. The van der Waals surface area contributed by atoms with E-state index in [1.807, 2.05) is 12.1 Å². The van der Waals surface area contributed by atoms with Crippen molar-refractivity contribution in [3.8, 4) is 5.75 Å². The standard InChI is InChI=1S/C15H26N2O/c1-15(2,3)14(16)11-17(4)10-12-7-6-8-13(9-12)18-5/h6-9,14H,10-11,16H2,1-5H3. The molecule has 0 saturated heterocycles. The minimum absolute atomic E-state index is 0.142. The zero-order valence-corrected chi connectivity index (χ0v) is 12.2. The summed E-state index contributed by atoms with van der Waals surface area (Å²) < 4.78 is 5.23. The van der Waals surface area contributed by atoms with Crippen LogP contribution in [0, 0.1) is 5.41 Å². The normalized spacial score (nSPS) is 13.7. The van der Waals surface area contributed by atoms with E-state index >= 15 is 0 Å². The first kappa shape index (κ1) is 15.0. The minimum atomic E-state index is 0.142. The molecule has 0 heterocycles. The van der Waals surface area contributed by atoms with Crippen molar-refractivity contribution in [3.63, 3.8) is 0 Å². The molecule has 2 N–H and O–H groups in total. The van der Waals surface area contributed by atoms with Gasteiger partial charge in [0, 0.05) is 19.1 Å². The van der Waals surface area contributed by atoms with Crippen LogP contribution in [0.5, 0.6) is 5.75 Å². The van der Waals surface area contributed by atoms with Crippen molar-refractivity contribution in [1.29, 1.82) is 0 Å². The Bertz CT molecular complexity index is 371. The maximum absolute atomic E-state index is 6.20. The van der Waals surface area contributed by atoms with Crippen LogP contribution in [0.4, 0.5) is 0 Å². The van der Waals surface area contributed by atoms with Crippen LogP contribution in [0.15, 0.2) is 24.3 Å². The SMILES string of the molecule is COc1cccc(CN(C)CC(N)C(C)(C)C)c1. The summed E-state index contributed by atoms with van der Waals surface area (Å²) in [4.78, 5) is 2.25. The number of hydrogen-bond acceptors (Lipinski definition) is 3. The second-order valence-electron chi connectivity index (χ2n) is 6.02. The third-order valence-electron chi connectivity index (χ3n) is 3.21. The van der Waals surface area contributed by atoms with Crippen LogP contribution in [0.2, 0.25) is 0 Å². The molecule has 102 valence electrons. The quantitative estimate of drug-likeness (QED) is 0.872. The number of benzene rings is 1. The second-order valence-corrected chi connectivity index (χ2v) is 6.02. The van der Waals surface area contributed by atoms with Crippen LogP contribution < -0.4 is 10.5 Å². The largest absolute Gasteiger partial charge is 0.497 e. The van der Waals surface area contributed by atoms with E-state index in [1.54, 1.807) is 7.11 Å². The fourth-order valence-corrected chi connectivity index (χ4v) is 1.76. The Kier molecular flexibility index (Phi) is 5.17. The molecule has 0 aliphatic rings. The molecule has 0 fully saturated rings. The van der Waals surface area contributed by atoms with Crippen LogP contribution in [0.3, 0.4) is 0 Å². The lowest BCUT2D eigenvalue weighted by Gasteiger charge is -2.31. The van der Waals surface area contributed by atoms with Crippen molar-refractivity contribution in [1.82, 2.24) is 4.90 Å². The Morgan fingerprint density at radius 2 is 2.00 bits per heavy atom. The van der Waals surface area contributed by atoms with Crippen LogP contribution in [-0.4, -0.2) is 31.6 Å². The third-order valence-corrected chi connectivity index (χ3v) is 3.21. The number of rotatable bonds is 5. The summed E-state index contributed by atoms with van der Waals surface area (Å²) in [5.41, 5.74) is 7.58. The number of methoxy groups -OCH3 is 1. The van der Waals surface area contributed by atoms with Gasteiger partial charge in [0.25, 0.3) is 0 Å². The number of likely N-dealkylation sites (N-methyl/N-ethyl adjacent to an activating group) is 1. The zero-order chi connectivity index (χ0) is 13.8. The maximum Gasteiger partial charge on any atom is 0.119 e. The van der Waals surface area contributed by atoms with E-state index in [9.17, 15) is 0 Å². The molecule has 1 aromatic rings. The lowest BCUT2D eigenvalue weighted by molar-refractivity contribution is 0.222. The Balaban J connectivity index is 2.56. The Hall–Kier alpha value is -1.06. The van der Waals surface area contributed by atoms with Crippen molar-refractivity contribution in [3.05, 3.63) is 29.8 Å². The number of hydrogen-bond donors (Lipinski definition) is 1. The molecule has 0 aromatic heterocycles. The van der Waals surface area contributed by atoms with E-state index in [4.69, 9.17) is 10.5 Å². The van der Waals surface area contributed by atoms with Crippen molar-refractivity contribution >= 4 is 0 Å². The molecule has 0 aliphatic carbocycles. The van der Waals surface area contributed by atoms with Crippen molar-refractivity contribution < 1.29 is 4.74 Å². The Morgan fingerprint density at radius 3 is 2.56 bits per heavy atom. The summed E-state index contributed by atoms with van der Waals surface area (Å²) in [6.45, 7) is 8.31. The van der Waals surface area contributed by atoms with Crippen LogP contribution in [-0.2, 0) is 6.54 Å². The van der Waals surface area contributed by atoms with Gasteiger partial charge in [-0.1, -0.05) is 32.9 Å². The van der Waals surface area contributed by atoms with E-state index in [1.165, 1.54) is 5.56 Å². The van der Waals surface area contributed by atoms with E-state index in [-0.39, 0.29) is 11.5 Å². The molecule has 0 bridgehead atoms. The summed E-state index contributed by atoms with van der Waals surface area (Å²) in [7, 11) is 3.80. The van der Waals surface area contributed by atoms with Crippen molar-refractivity contribution in [2.45, 2.75) is 33.4 Å². The molecule has 18 heavy (non-hydrogen) atoms. The number of nitrogens with two attached hydrogens (primary N) is 1. The highest BCUT2D eigenvalue weighted by molar-refractivity contribution is 5.28. The van der Waals surface area contributed by atoms with E-state index in [0.29, 0.717) is 0 Å². The van der Waals surface area contributed by atoms with Crippen LogP contribution in [0.25, 0.3) is 0 Å². The molecule has 0 radical (unpaired) electrons. The molecule has 0 aliphatic heterocycles. The molecular formula is C15H26N2O. The molecule has 0 spiro atoms. The van der Waals surface area contributed by atoms with E-state index < -0.39 is 0 Å². The number of ether oxygens (including phenoxy) is 1. The first-order valence-electron chi connectivity index (χ1n) is 6.40. The monoisotopic (exact) mass is 250 g/mol. The summed E-state index contributed by atoms with van der Waals surface area (Å²) in [6.07, 6.45) is 0. The molecule has 0 saturated carbocycles. The predicted octanol–water partition coefficient (Wildman–Crippen LogP) is 2.50. The fourth-order valence-electron chi connectivity index (χ4n) is 1.76. The van der Waals surface area contributed by atoms with Gasteiger partial charge in [-0.3, -0.25) is 0 Å². The van der Waals surface area contributed by atoms with Gasteiger partial charge in [0.1, 0.15) is 5.75 Å². The fraction of sp³-hybridized carbons (Fsp3) is 0.600. The molecule has 0 amide bonds. The molecule has 3 nitrogen and oxygen atoms in total. The number of nitrogens with zero attached hydrogens (tertiary/aromatic N) is 1. The highest BCUT2D eigenvalue weighted by Crippen LogP contribution is 2.19. The molecule has 1 unspecified atom stereocenters. The lowest BCUT2D eigenvalue weighted by atomic mass is 9.87. The van der Waals surface area contributed by atoms with Crippen molar-refractivity contribution in [2.24, 2.45) is 11.1 Å². The first-order valence-corrected chi connectivity index (χ1v) is 6.40. The predicted molar refractivity (Wildman–Crippen MR) is 76.8 cm³/mol. The van der Waals surface area contributed by atoms with Gasteiger partial charge in [0.2, 0.25) is 0 Å². The minimum Gasteiger partial charge on any atom is -0.497 e. The molecule has 1 atom stereocenters. The van der Waals surface area contributed by atoms with E-state index in [2.05, 4.69) is 44.9 Å². The van der Waals surface area contributed by atoms with Gasteiger partial charge in [0.05, 0.1) is 7.11 Å². The average Bonchev–Trinajstić information content (AvgIpc) is 2.27. The third kappa shape index (κ3) is 4.67. The maximum atomic E-state index is 6.20. The average molecular weight is 250 g/mol. The van der Waals surface area contributed by atoms with Gasteiger partial charge in [-0.15, -0.1) is 0 Å². The lowest BCUT2D eigenvalue weighted by Crippen LogP contribution is -2.43. The topological polar surface area (TPSA) is 38.5 Å². The van der Waals surface area contributed by atoms with Crippen molar-refractivity contribution in [2.75, 3.05) is 20.7 Å². The zero-order valence-electron chi connectivity index (χ0n) is 12.2.